The molecule has 1 aliphatic rings. The number of rotatable bonds is 10. The van der Waals surface area contributed by atoms with Gasteiger partial charge in [-0.3, -0.25) is 0 Å². The number of ether oxygens (including phenoxy) is 1. The van der Waals surface area contributed by atoms with Gasteiger partial charge in [0.05, 0.1) is 12.7 Å². The molecule has 4 nitrogen and oxygen atoms in total. The summed E-state index contributed by atoms with van der Waals surface area (Å²) in [5, 5.41) is 13.4. The first-order chi connectivity index (χ1) is 9.63. The van der Waals surface area contributed by atoms with E-state index in [1.54, 1.807) is 0 Å². The van der Waals surface area contributed by atoms with Crippen molar-refractivity contribution in [2.24, 2.45) is 0 Å². The molecule has 0 spiro atoms. The van der Waals surface area contributed by atoms with Gasteiger partial charge in [-0.25, -0.2) is 0 Å². The number of aliphatic hydroxyl groups excluding tert-OH is 1. The molecule has 0 saturated carbocycles. The molecule has 0 aromatic heterocycles. The molecule has 3 unspecified atom stereocenters. The lowest BCUT2D eigenvalue weighted by Crippen LogP contribution is -2.47. The van der Waals surface area contributed by atoms with E-state index in [1.807, 2.05) is 0 Å². The van der Waals surface area contributed by atoms with Crippen LogP contribution in [0.2, 0.25) is 0 Å². The van der Waals surface area contributed by atoms with Gasteiger partial charge in [-0.05, 0) is 39.8 Å². The first kappa shape index (κ1) is 17.9. The molecule has 1 saturated heterocycles. The van der Waals surface area contributed by atoms with Crippen LogP contribution in [0.15, 0.2) is 0 Å². The highest BCUT2D eigenvalue weighted by Crippen LogP contribution is 2.15. The Hall–Kier alpha value is -0.160. The van der Waals surface area contributed by atoms with Crippen molar-refractivity contribution in [3.05, 3.63) is 0 Å². The lowest BCUT2D eigenvalue weighted by molar-refractivity contribution is 0.0321. The van der Waals surface area contributed by atoms with E-state index >= 15 is 0 Å². The molecule has 4 heteroatoms. The molecule has 1 rings (SSSR count). The van der Waals surface area contributed by atoms with Crippen LogP contribution in [0.25, 0.3) is 0 Å². The van der Waals surface area contributed by atoms with E-state index in [4.69, 9.17) is 4.74 Å². The summed E-state index contributed by atoms with van der Waals surface area (Å²) < 4.78 is 5.52. The molecule has 3 atom stereocenters. The van der Waals surface area contributed by atoms with Crippen LogP contribution in [-0.4, -0.2) is 61.5 Å². The normalized spacial score (nSPS) is 25.8. The third-order valence-electron chi connectivity index (χ3n) is 4.30. The van der Waals surface area contributed by atoms with Gasteiger partial charge in [0.1, 0.15) is 0 Å². The summed E-state index contributed by atoms with van der Waals surface area (Å²) in [4.78, 5) is 2.40. The Labute approximate surface area is 124 Å². The van der Waals surface area contributed by atoms with E-state index in [0.29, 0.717) is 25.2 Å². The Bertz CT molecular complexity index is 239. The van der Waals surface area contributed by atoms with Gasteiger partial charge in [0.15, 0.2) is 0 Å². The summed E-state index contributed by atoms with van der Waals surface area (Å²) >= 11 is 0. The van der Waals surface area contributed by atoms with Gasteiger partial charge in [-0.15, -0.1) is 0 Å². The van der Waals surface area contributed by atoms with Crippen LogP contribution < -0.4 is 5.32 Å². The molecule has 1 fully saturated rings. The average molecular weight is 286 g/mol. The molecule has 20 heavy (non-hydrogen) atoms. The van der Waals surface area contributed by atoms with Crippen LogP contribution in [-0.2, 0) is 4.74 Å². The van der Waals surface area contributed by atoms with Crippen molar-refractivity contribution >= 4 is 0 Å². The highest BCUT2D eigenvalue weighted by molar-refractivity contribution is 4.81. The summed E-state index contributed by atoms with van der Waals surface area (Å²) in [6.45, 7) is 7.51. The zero-order valence-electron chi connectivity index (χ0n) is 13.6. The maximum atomic E-state index is 9.90. The van der Waals surface area contributed by atoms with Crippen LogP contribution in [0, 0.1) is 0 Å². The monoisotopic (exact) mass is 286 g/mol. The van der Waals surface area contributed by atoms with Crippen LogP contribution in [0.1, 0.15) is 52.4 Å². The maximum absolute atomic E-state index is 9.90. The molecule has 0 bridgehead atoms. The van der Waals surface area contributed by atoms with Gasteiger partial charge in [0, 0.05) is 25.2 Å². The number of piperidine rings is 1. The molecule has 0 amide bonds. The summed E-state index contributed by atoms with van der Waals surface area (Å²) in [7, 11) is 2.18. The minimum atomic E-state index is -0.379. The number of hydrogen-bond acceptors (Lipinski definition) is 4. The molecule has 0 aliphatic carbocycles. The van der Waals surface area contributed by atoms with Crippen LogP contribution >= 0.6 is 0 Å². The number of likely N-dealkylation sites (tertiary alicyclic amines) is 1. The second-order valence-corrected chi connectivity index (χ2v) is 6.25. The smallest absolute Gasteiger partial charge is 0.0897 e. The van der Waals surface area contributed by atoms with Gasteiger partial charge < -0.3 is 20.1 Å². The maximum Gasteiger partial charge on any atom is 0.0897 e. The van der Waals surface area contributed by atoms with Crippen molar-refractivity contribution in [2.45, 2.75) is 70.6 Å². The minimum Gasteiger partial charge on any atom is -0.389 e. The van der Waals surface area contributed by atoms with E-state index in [9.17, 15) is 5.11 Å². The van der Waals surface area contributed by atoms with Crippen molar-refractivity contribution in [3.8, 4) is 0 Å². The Kier molecular flexibility index (Phi) is 9.44. The summed E-state index contributed by atoms with van der Waals surface area (Å²) in [5.74, 6) is 0. The number of aliphatic hydroxyl groups is 1. The van der Waals surface area contributed by atoms with Crippen LogP contribution in [0.3, 0.4) is 0 Å². The van der Waals surface area contributed by atoms with Gasteiger partial charge >= 0.3 is 0 Å². The second kappa shape index (κ2) is 10.6. The van der Waals surface area contributed by atoms with E-state index in [2.05, 4.69) is 31.1 Å². The SMILES string of the molecule is CCCCCCOCC(O)CNC1CCN(C)C(C)C1. The molecule has 0 radical (unpaired) electrons. The van der Waals surface area contributed by atoms with E-state index in [-0.39, 0.29) is 6.10 Å². The van der Waals surface area contributed by atoms with Crippen molar-refractivity contribution in [1.82, 2.24) is 10.2 Å². The highest BCUT2D eigenvalue weighted by atomic mass is 16.5. The topological polar surface area (TPSA) is 44.7 Å². The van der Waals surface area contributed by atoms with Crippen molar-refractivity contribution < 1.29 is 9.84 Å². The number of unbranched alkanes of at least 4 members (excludes halogenated alkanes) is 3. The van der Waals surface area contributed by atoms with E-state index < -0.39 is 0 Å². The zero-order valence-corrected chi connectivity index (χ0v) is 13.6. The second-order valence-electron chi connectivity index (χ2n) is 6.25. The van der Waals surface area contributed by atoms with E-state index in [0.717, 1.165) is 19.6 Å². The Morgan fingerprint density at radius 2 is 2.15 bits per heavy atom. The molecular weight excluding hydrogens is 252 g/mol. The summed E-state index contributed by atoms with van der Waals surface area (Å²) in [5.41, 5.74) is 0. The van der Waals surface area contributed by atoms with Crippen LogP contribution in [0.5, 0.6) is 0 Å². The van der Waals surface area contributed by atoms with Gasteiger partial charge in [0.25, 0.3) is 0 Å². The molecule has 1 heterocycles. The predicted molar refractivity (Wildman–Crippen MR) is 84.1 cm³/mol. The number of nitrogens with one attached hydrogen (secondary N) is 1. The lowest BCUT2D eigenvalue weighted by atomic mass is 9.99. The third-order valence-corrected chi connectivity index (χ3v) is 4.30. The number of hydrogen-bond donors (Lipinski definition) is 2. The van der Waals surface area contributed by atoms with Crippen molar-refractivity contribution in [1.29, 1.82) is 0 Å². The summed E-state index contributed by atoms with van der Waals surface area (Å²) in [6.07, 6.45) is 6.84. The third kappa shape index (κ3) is 7.58. The molecule has 120 valence electrons. The Morgan fingerprint density at radius 1 is 1.35 bits per heavy atom. The minimum absolute atomic E-state index is 0.379. The molecule has 2 N–H and O–H groups in total. The quantitative estimate of drug-likeness (QED) is 0.603. The lowest BCUT2D eigenvalue weighted by Gasteiger charge is -2.35. The van der Waals surface area contributed by atoms with Crippen LogP contribution in [0.4, 0.5) is 0 Å². The summed E-state index contributed by atoms with van der Waals surface area (Å²) in [6, 6.07) is 1.17. The Morgan fingerprint density at radius 3 is 2.85 bits per heavy atom. The van der Waals surface area contributed by atoms with Crippen molar-refractivity contribution in [2.75, 3.05) is 33.4 Å². The molecule has 1 aliphatic heterocycles. The van der Waals surface area contributed by atoms with E-state index in [1.165, 1.54) is 32.1 Å². The number of nitrogens with zero attached hydrogens (tertiary/aromatic N) is 1. The average Bonchev–Trinajstić information content (AvgIpc) is 2.44. The first-order valence-electron chi connectivity index (χ1n) is 8.33. The van der Waals surface area contributed by atoms with Gasteiger partial charge in [-0.2, -0.15) is 0 Å². The standard InChI is InChI=1S/C16H34N2O2/c1-4-5-6-7-10-20-13-16(19)12-17-15-8-9-18(3)14(2)11-15/h14-17,19H,4-13H2,1-3H3. The zero-order chi connectivity index (χ0) is 14.8. The Balaban J connectivity index is 1.98. The predicted octanol–water partition coefficient (Wildman–Crippen LogP) is 2.02. The van der Waals surface area contributed by atoms with Crippen molar-refractivity contribution in [3.63, 3.8) is 0 Å². The molecule has 0 aromatic rings. The first-order valence-corrected chi connectivity index (χ1v) is 8.33. The fraction of sp³-hybridized carbons (Fsp3) is 1.00. The molecular formula is C16H34N2O2. The van der Waals surface area contributed by atoms with Gasteiger partial charge in [-0.1, -0.05) is 26.2 Å². The molecule has 0 aromatic carbocycles. The largest absolute Gasteiger partial charge is 0.389 e. The highest BCUT2D eigenvalue weighted by Gasteiger charge is 2.22. The van der Waals surface area contributed by atoms with Gasteiger partial charge in [0.2, 0.25) is 0 Å². The fourth-order valence-corrected chi connectivity index (χ4v) is 2.69. The fourth-order valence-electron chi connectivity index (χ4n) is 2.69.